The van der Waals surface area contributed by atoms with Crippen LogP contribution in [0, 0.1) is 0 Å². The SMILES string of the molecule is CN1C(=O)CC(C(=O)Nc2ccc(C(=O)O)cc2)SC1=Nc1ccc(Br)cc1. The average Bonchev–Trinajstić information content (AvgIpc) is 2.67. The normalized spacial score (nSPS) is 18.2. The first kappa shape index (κ1) is 20.1. The minimum atomic E-state index is -1.04. The average molecular weight is 462 g/mol. The first-order chi connectivity index (χ1) is 13.3. The minimum absolute atomic E-state index is 0.0551. The van der Waals surface area contributed by atoms with Gasteiger partial charge in [-0.1, -0.05) is 27.7 Å². The van der Waals surface area contributed by atoms with E-state index >= 15 is 0 Å². The van der Waals surface area contributed by atoms with Crippen LogP contribution in [0.15, 0.2) is 58.0 Å². The zero-order valence-electron chi connectivity index (χ0n) is 14.8. The highest BCUT2D eigenvalue weighted by Gasteiger charge is 2.34. The second kappa shape index (κ2) is 8.57. The van der Waals surface area contributed by atoms with Gasteiger partial charge in [0.2, 0.25) is 11.8 Å². The number of benzene rings is 2. The zero-order valence-corrected chi connectivity index (χ0v) is 17.2. The van der Waals surface area contributed by atoms with E-state index in [1.165, 1.54) is 40.9 Å². The monoisotopic (exact) mass is 461 g/mol. The summed E-state index contributed by atoms with van der Waals surface area (Å²) in [4.78, 5) is 41.7. The summed E-state index contributed by atoms with van der Waals surface area (Å²) in [7, 11) is 1.63. The van der Waals surface area contributed by atoms with Gasteiger partial charge in [0.15, 0.2) is 5.17 Å². The lowest BCUT2D eigenvalue weighted by molar-refractivity contribution is -0.128. The van der Waals surface area contributed by atoms with Crippen molar-refractivity contribution in [2.75, 3.05) is 12.4 Å². The van der Waals surface area contributed by atoms with Crippen LogP contribution in [-0.2, 0) is 9.59 Å². The Morgan fingerprint density at radius 3 is 2.43 bits per heavy atom. The molecule has 0 saturated carbocycles. The highest BCUT2D eigenvalue weighted by molar-refractivity contribution is 9.10. The molecule has 2 N–H and O–H groups in total. The van der Waals surface area contributed by atoms with Crippen LogP contribution in [0.2, 0.25) is 0 Å². The summed E-state index contributed by atoms with van der Waals surface area (Å²) in [6, 6.07) is 13.2. The fourth-order valence-electron chi connectivity index (χ4n) is 2.44. The molecule has 7 nitrogen and oxygen atoms in total. The Labute approximate surface area is 174 Å². The van der Waals surface area contributed by atoms with Crippen LogP contribution in [0.3, 0.4) is 0 Å². The molecule has 1 unspecified atom stereocenters. The number of aromatic carboxylic acids is 1. The van der Waals surface area contributed by atoms with Crippen molar-refractivity contribution in [1.29, 1.82) is 0 Å². The fourth-order valence-corrected chi connectivity index (χ4v) is 3.77. The van der Waals surface area contributed by atoms with Gasteiger partial charge in [-0.05, 0) is 48.5 Å². The summed E-state index contributed by atoms with van der Waals surface area (Å²) < 4.78 is 0.920. The lowest BCUT2D eigenvalue weighted by atomic mass is 10.2. The molecule has 0 aliphatic carbocycles. The van der Waals surface area contributed by atoms with Crippen LogP contribution < -0.4 is 5.32 Å². The van der Waals surface area contributed by atoms with Gasteiger partial charge in [-0.3, -0.25) is 14.5 Å². The number of nitrogens with zero attached hydrogens (tertiary/aromatic N) is 2. The highest BCUT2D eigenvalue weighted by atomic mass is 79.9. The maximum Gasteiger partial charge on any atom is 0.335 e. The number of carboxylic acid groups (broad SMARTS) is 1. The van der Waals surface area contributed by atoms with E-state index in [1.807, 2.05) is 24.3 Å². The second-order valence-corrected chi connectivity index (χ2v) is 8.09. The molecule has 2 aromatic rings. The van der Waals surface area contributed by atoms with Crippen LogP contribution in [0.1, 0.15) is 16.8 Å². The van der Waals surface area contributed by atoms with Crippen molar-refractivity contribution in [3.05, 3.63) is 58.6 Å². The number of carboxylic acids is 1. The Morgan fingerprint density at radius 2 is 1.82 bits per heavy atom. The Morgan fingerprint density at radius 1 is 1.18 bits per heavy atom. The fraction of sp³-hybridized carbons (Fsp3) is 0.158. The van der Waals surface area contributed by atoms with Gasteiger partial charge in [0.05, 0.1) is 11.3 Å². The third-order valence-electron chi connectivity index (χ3n) is 4.01. The molecule has 0 radical (unpaired) electrons. The van der Waals surface area contributed by atoms with Crippen LogP contribution in [-0.4, -0.2) is 45.3 Å². The van der Waals surface area contributed by atoms with Gasteiger partial charge < -0.3 is 10.4 Å². The van der Waals surface area contributed by atoms with E-state index in [1.54, 1.807) is 7.05 Å². The van der Waals surface area contributed by atoms with E-state index in [9.17, 15) is 14.4 Å². The predicted octanol–water partition coefficient (Wildman–Crippen LogP) is 3.74. The molecule has 0 spiro atoms. The molecule has 1 heterocycles. The molecule has 1 aliphatic heterocycles. The number of nitrogens with one attached hydrogen (secondary N) is 1. The molecule has 1 aliphatic rings. The Bertz CT molecular complexity index is 945. The first-order valence-electron chi connectivity index (χ1n) is 8.25. The number of aliphatic imine (C=N–C) groups is 1. The maximum atomic E-state index is 12.6. The van der Waals surface area contributed by atoms with Crippen molar-refractivity contribution in [3.8, 4) is 0 Å². The number of carbonyl (C=O) groups excluding carboxylic acids is 2. The largest absolute Gasteiger partial charge is 0.478 e. The summed E-state index contributed by atoms with van der Waals surface area (Å²) in [5.74, 6) is -1.57. The van der Waals surface area contributed by atoms with Gasteiger partial charge in [0.25, 0.3) is 0 Å². The number of halogens is 1. The molecule has 3 rings (SSSR count). The van der Waals surface area contributed by atoms with E-state index in [-0.39, 0.29) is 23.8 Å². The van der Waals surface area contributed by atoms with Crippen molar-refractivity contribution in [1.82, 2.24) is 4.90 Å². The molecule has 0 aromatic heterocycles. The molecule has 1 fully saturated rings. The Kier molecular flexibility index (Phi) is 6.15. The zero-order chi connectivity index (χ0) is 20.3. The minimum Gasteiger partial charge on any atom is -0.478 e. The number of thioether (sulfide) groups is 1. The number of rotatable bonds is 4. The van der Waals surface area contributed by atoms with Gasteiger partial charge in [0.1, 0.15) is 5.25 Å². The third kappa shape index (κ3) is 4.79. The van der Waals surface area contributed by atoms with Gasteiger partial charge in [-0.15, -0.1) is 0 Å². The number of hydrogen-bond acceptors (Lipinski definition) is 5. The summed E-state index contributed by atoms with van der Waals surface area (Å²) >= 11 is 4.58. The first-order valence-corrected chi connectivity index (χ1v) is 9.92. The van der Waals surface area contributed by atoms with E-state index < -0.39 is 11.2 Å². The Balaban J connectivity index is 1.74. The van der Waals surface area contributed by atoms with E-state index in [4.69, 9.17) is 5.11 Å². The molecular weight excluding hydrogens is 446 g/mol. The van der Waals surface area contributed by atoms with Crippen LogP contribution in [0.4, 0.5) is 11.4 Å². The van der Waals surface area contributed by atoms with Crippen LogP contribution in [0.25, 0.3) is 0 Å². The van der Waals surface area contributed by atoms with Crippen molar-refractivity contribution in [2.24, 2.45) is 4.99 Å². The number of carbonyl (C=O) groups is 3. The summed E-state index contributed by atoms with van der Waals surface area (Å²) in [5, 5.41) is 11.5. The quantitative estimate of drug-likeness (QED) is 0.722. The second-order valence-electron chi connectivity index (χ2n) is 6.01. The highest BCUT2D eigenvalue weighted by Crippen LogP contribution is 2.29. The third-order valence-corrected chi connectivity index (χ3v) is 5.78. The molecule has 2 aromatic carbocycles. The van der Waals surface area contributed by atoms with Crippen LogP contribution >= 0.6 is 27.7 Å². The number of amidine groups is 1. The molecule has 144 valence electrons. The standard InChI is InChI=1S/C19H16BrN3O4S/c1-23-16(24)10-15(28-19(23)22-14-8-4-12(20)5-9-14)17(25)21-13-6-2-11(3-7-13)18(26)27/h2-9,15H,10H2,1H3,(H,21,25)(H,26,27). The molecule has 1 saturated heterocycles. The molecular formula is C19H16BrN3O4S. The van der Waals surface area contributed by atoms with Crippen molar-refractivity contribution in [2.45, 2.75) is 11.7 Å². The van der Waals surface area contributed by atoms with Crippen LogP contribution in [0.5, 0.6) is 0 Å². The number of hydrogen-bond donors (Lipinski definition) is 2. The molecule has 28 heavy (non-hydrogen) atoms. The predicted molar refractivity (Wildman–Crippen MR) is 112 cm³/mol. The molecule has 0 bridgehead atoms. The Hall–Kier alpha value is -2.65. The van der Waals surface area contributed by atoms with Gasteiger partial charge in [-0.2, -0.15) is 0 Å². The van der Waals surface area contributed by atoms with Gasteiger partial charge in [-0.25, -0.2) is 9.79 Å². The topological polar surface area (TPSA) is 99.1 Å². The van der Waals surface area contributed by atoms with E-state index in [0.29, 0.717) is 16.5 Å². The van der Waals surface area contributed by atoms with Crippen molar-refractivity contribution in [3.63, 3.8) is 0 Å². The smallest absolute Gasteiger partial charge is 0.335 e. The molecule has 9 heteroatoms. The lowest BCUT2D eigenvalue weighted by Crippen LogP contribution is -2.43. The number of amides is 2. The van der Waals surface area contributed by atoms with Gasteiger partial charge in [0, 0.05) is 23.6 Å². The maximum absolute atomic E-state index is 12.6. The molecule has 1 atom stereocenters. The lowest BCUT2D eigenvalue weighted by Gasteiger charge is -2.28. The summed E-state index contributed by atoms with van der Waals surface area (Å²) in [6.07, 6.45) is 0.0551. The van der Waals surface area contributed by atoms with E-state index in [2.05, 4.69) is 26.2 Å². The number of anilines is 1. The van der Waals surface area contributed by atoms with Crippen molar-refractivity contribution >= 4 is 62.0 Å². The summed E-state index contributed by atoms with van der Waals surface area (Å²) in [6.45, 7) is 0. The molecule has 2 amide bonds. The van der Waals surface area contributed by atoms with Gasteiger partial charge >= 0.3 is 5.97 Å². The summed E-state index contributed by atoms with van der Waals surface area (Å²) in [5.41, 5.74) is 1.27. The van der Waals surface area contributed by atoms with Crippen molar-refractivity contribution < 1.29 is 19.5 Å². The van der Waals surface area contributed by atoms with E-state index in [0.717, 1.165) is 4.47 Å².